The SMILES string of the molecule is CCCCCCCOc1ccc(NC(=O)c2ccccn2)cc1C#N. The number of hydrogen-bond donors (Lipinski definition) is 1. The molecule has 5 heteroatoms. The zero-order chi connectivity index (χ0) is 17.9. The summed E-state index contributed by atoms with van der Waals surface area (Å²) in [5.41, 5.74) is 1.28. The van der Waals surface area contributed by atoms with Gasteiger partial charge in [-0.25, -0.2) is 0 Å². The molecule has 130 valence electrons. The Labute approximate surface area is 148 Å². The second-order valence-corrected chi connectivity index (χ2v) is 5.75. The van der Waals surface area contributed by atoms with Gasteiger partial charge in [0, 0.05) is 11.9 Å². The van der Waals surface area contributed by atoms with Gasteiger partial charge in [-0.05, 0) is 36.8 Å². The summed E-state index contributed by atoms with van der Waals surface area (Å²) in [4.78, 5) is 16.1. The van der Waals surface area contributed by atoms with E-state index >= 15 is 0 Å². The minimum Gasteiger partial charge on any atom is -0.492 e. The van der Waals surface area contributed by atoms with Gasteiger partial charge < -0.3 is 10.1 Å². The van der Waals surface area contributed by atoms with Crippen LogP contribution < -0.4 is 10.1 Å². The van der Waals surface area contributed by atoms with Crippen molar-refractivity contribution < 1.29 is 9.53 Å². The third-order valence-corrected chi connectivity index (χ3v) is 3.76. The number of aromatic nitrogens is 1. The normalized spacial score (nSPS) is 10.1. The van der Waals surface area contributed by atoms with E-state index in [9.17, 15) is 10.1 Å². The molecule has 25 heavy (non-hydrogen) atoms. The molecule has 2 aromatic rings. The molecule has 1 N–H and O–H groups in total. The van der Waals surface area contributed by atoms with Crippen molar-refractivity contribution in [2.45, 2.75) is 39.0 Å². The Balaban J connectivity index is 1.92. The monoisotopic (exact) mass is 337 g/mol. The van der Waals surface area contributed by atoms with E-state index in [1.165, 1.54) is 19.3 Å². The van der Waals surface area contributed by atoms with Crippen molar-refractivity contribution in [3.63, 3.8) is 0 Å². The number of anilines is 1. The molecule has 0 radical (unpaired) electrons. The molecule has 2 rings (SSSR count). The fraction of sp³-hybridized carbons (Fsp3) is 0.350. The summed E-state index contributed by atoms with van der Waals surface area (Å²) >= 11 is 0. The Kier molecular flexibility index (Phi) is 7.45. The average molecular weight is 337 g/mol. The van der Waals surface area contributed by atoms with Gasteiger partial charge in [0.1, 0.15) is 17.5 Å². The van der Waals surface area contributed by atoms with Crippen LogP contribution in [0.5, 0.6) is 5.75 Å². The maximum atomic E-state index is 12.1. The van der Waals surface area contributed by atoms with Crippen LogP contribution in [0.2, 0.25) is 0 Å². The first-order valence-electron chi connectivity index (χ1n) is 8.64. The van der Waals surface area contributed by atoms with Gasteiger partial charge in [0.05, 0.1) is 12.2 Å². The van der Waals surface area contributed by atoms with Gasteiger partial charge in [0.15, 0.2) is 0 Å². The van der Waals surface area contributed by atoms with Crippen molar-refractivity contribution in [3.8, 4) is 11.8 Å². The predicted molar refractivity (Wildman–Crippen MR) is 97.6 cm³/mol. The second kappa shape index (κ2) is 10.1. The van der Waals surface area contributed by atoms with E-state index in [0.29, 0.717) is 29.3 Å². The summed E-state index contributed by atoms with van der Waals surface area (Å²) in [6.45, 7) is 2.78. The summed E-state index contributed by atoms with van der Waals surface area (Å²) in [5, 5.41) is 12.1. The predicted octanol–water partition coefficient (Wildman–Crippen LogP) is 4.55. The smallest absolute Gasteiger partial charge is 0.274 e. The zero-order valence-electron chi connectivity index (χ0n) is 14.5. The van der Waals surface area contributed by atoms with Gasteiger partial charge in [0.2, 0.25) is 0 Å². The van der Waals surface area contributed by atoms with E-state index < -0.39 is 0 Å². The highest BCUT2D eigenvalue weighted by atomic mass is 16.5. The van der Waals surface area contributed by atoms with Crippen LogP contribution in [0.3, 0.4) is 0 Å². The number of ether oxygens (including phenoxy) is 1. The highest BCUT2D eigenvalue weighted by Gasteiger charge is 2.09. The molecule has 0 bridgehead atoms. The molecule has 0 aliphatic rings. The third kappa shape index (κ3) is 5.92. The van der Waals surface area contributed by atoms with E-state index in [4.69, 9.17) is 4.74 Å². The maximum Gasteiger partial charge on any atom is 0.274 e. The van der Waals surface area contributed by atoms with Crippen LogP contribution in [-0.4, -0.2) is 17.5 Å². The number of nitriles is 1. The van der Waals surface area contributed by atoms with Gasteiger partial charge in [-0.1, -0.05) is 38.7 Å². The lowest BCUT2D eigenvalue weighted by Crippen LogP contribution is -2.13. The van der Waals surface area contributed by atoms with E-state index in [1.807, 2.05) is 0 Å². The largest absolute Gasteiger partial charge is 0.492 e. The number of pyridine rings is 1. The minimum atomic E-state index is -0.311. The number of carbonyl (C=O) groups excluding carboxylic acids is 1. The fourth-order valence-corrected chi connectivity index (χ4v) is 2.40. The summed E-state index contributed by atoms with van der Waals surface area (Å²) < 4.78 is 5.71. The first kappa shape index (κ1) is 18.5. The summed E-state index contributed by atoms with van der Waals surface area (Å²) in [7, 11) is 0. The lowest BCUT2D eigenvalue weighted by atomic mass is 10.1. The first-order chi connectivity index (χ1) is 12.2. The Morgan fingerprint density at radius 2 is 2.04 bits per heavy atom. The molecular weight excluding hydrogens is 314 g/mol. The standard InChI is InChI=1S/C20H23N3O2/c1-2-3-4-5-8-13-25-19-11-10-17(14-16(19)15-21)23-20(24)18-9-6-7-12-22-18/h6-7,9-12,14H,2-5,8,13H2,1H3,(H,23,24). The van der Waals surface area contributed by atoms with Gasteiger partial charge >= 0.3 is 0 Å². The first-order valence-corrected chi connectivity index (χ1v) is 8.64. The van der Waals surface area contributed by atoms with Crippen LogP contribution in [-0.2, 0) is 0 Å². The number of benzene rings is 1. The lowest BCUT2D eigenvalue weighted by molar-refractivity contribution is 0.102. The molecule has 0 fully saturated rings. The number of nitrogens with one attached hydrogen (secondary N) is 1. The Morgan fingerprint density at radius 1 is 1.20 bits per heavy atom. The highest BCUT2D eigenvalue weighted by Crippen LogP contribution is 2.23. The van der Waals surface area contributed by atoms with Crippen LogP contribution >= 0.6 is 0 Å². The number of unbranched alkanes of at least 4 members (excludes halogenated alkanes) is 4. The number of carbonyl (C=O) groups is 1. The van der Waals surface area contributed by atoms with Crippen molar-refractivity contribution >= 4 is 11.6 Å². The fourth-order valence-electron chi connectivity index (χ4n) is 2.40. The molecular formula is C20H23N3O2. The van der Waals surface area contributed by atoms with E-state index in [1.54, 1.807) is 42.6 Å². The quantitative estimate of drug-likeness (QED) is 0.681. The second-order valence-electron chi connectivity index (χ2n) is 5.75. The Bertz CT molecular complexity index is 723. The number of nitrogens with zero attached hydrogens (tertiary/aromatic N) is 2. The Morgan fingerprint density at radius 3 is 2.76 bits per heavy atom. The van der Waals surface area contributed by atoms with Gasteiger partial charge in [-0.3, -0.25) is 9.78 Å². The maximum absolute atomic E-state index is 12.1. The molecule has 0 saturated heterocycles. The van der Waals surface area contributed by atoms with E-state index in [2.05, 4.69) is 23.3 Å². The third-order valence-electron chi connectivity index (χ3n) is 3.76. The van der Waals surface area contributed by atoms with Crippen molar-refractivity contribution in [3.05, 3.63) is 53.9 Å². The lowest BCUT2D eigenvalue weighted by Gasteiger charge is -2.10. The molecule has 1 heterocycles. The molecule has 5 nitrogen and oxygen atoms in total. The number of amides is 1. The molecule has 0 spiro atoms. The van der Waals surface area contributed by atoms with Gasteiger partial charge in [-0.2, -0.15) is 5.26 Å². The molecule has 0 aliphatic carbocycles. The summed E-state index contributed by atoms with van der Waals surface area (Å²) in [6, 6.07) is 12.3. The molecule has 0 atom stereocenters. The zero-order valence-corrected chi connectivity index (χ0v) is 14.5. The number of hydrogen-bond acceptors (Lipinski definition) is 4. The average Bonchev–Trinajstić information content (AvgIpc) is 2.66. The van der Waals surface area contributed by atoms with Crippen LogP contribution in [0.1, 0.15) is 55.1 Å². The van der Waals surface area contributed by atoms with Crippen molar-refractivity contribution in [2.24, 2.45) is 0 Å². The van der Waals surface area contributed by atoms with Crippen molar-refractivity contribution in [1.29, 1.82) is 5.26 Å². The van der Waals surface area contributed by atoms with Crippen molar-refractivity contribution in [1.82, 2.24) is 4.98 Å². The molecule has 0 unspecified atom stereocenters. The molecule has 1 aromatic carbocycles. The number of rotatable bonds is 9. The molecule has 1 aromatic heterocycles. The van der Waals surface area contributed by atoms with Crippen LogP contribution in [0.25, 0.3) is 0 Å². The van der Waals surface area contributed by atoms with Crippen LogP contribution in [0, 0.1) is 11.3 Å². The van der Waals surface area contributed by atoms with Crippen molar-refractivity contribution in [2.75, 3.05) is 11.9 Å². The summed E-state index contributed by atoms with van der Waals surface area (Å²) in [5.74, 6) is 0.239. The molecule has 1 amide bonds. The molecule has 0 saturated carbocycles. The summed E-state index contributed by atoms with van der Waals surface area (Å²) in [6.07, 6.45) is 7.34. The van der Waals surface area contributed by atoms with Crippen LogP contribution in [0.4, 0.5) is 5.69 Å². The van der Waals surface area contributed by atoms with E-state index in [0.717, 1.165) is 12.8 Å². The highest BCUT2D eigenvalue weighted by molar-refractivity contribution is 6.02. The minimum absolute atomic E-state index is 0.311. The van der Waals surface area contributed by atoms with Crippen LogP contribution in [0.15, 0.2) is 42.6 Å². The topological polar surface area (TPSA) is 75.0 Å². The Hall–Kier alpha value is -2.87. The van der Waals surface area contributed by atoms with Gasteiger partial charge in [0.25, 0.3) is 5.91 Å². The van der Waals surface area contributed by atoms with Gasteiger partial charge in [-0.15, -0.1) is 0 Å². The van der Waals surface area contributed by atoms with E-state index in [-0.39, 0.29) is 5.91 Å². The molecule has 0 aliphatic heterocycles.